The Kier molecular flexibility index (Phi) is 6.16. The van der Waals surface area contributed by atoms with Crippen LogP contribution in [0.25, 0.3) is 0 Å². The second-order valence-electron chi connectivity index (χ2n) is 6.97. The molecule has 0 atom stereocenters. The molecule has 0 amide bonds. The van der Waals surface area contributed by atoms with Gasteiger partial charge in [-0.25, -0.2) is 0 Å². The van der Waals surface area contributed by atoms with Crippen molar-refractivity contribution in [2.45, 2.75) is 79.4 Å². The van der Waals surface area contributed by atoms with E-state index in [0.29, 0.717) is 6.61 Å². The fourth-order valence-corrected chi connectivity index (χ4v) is 1.01. The molecule has 0 N–H and O–H groups in total. The second kappa shape index (κ2) is 6.19. The molecule has 2 heteroatoms. The first-order valence-electron chi connectivity index (χ1n) is 6.81. The Morgan fingerprint density at radius 2 is 1.12 bits per heavy atom. The van der Waals surface area contributed by atoms with Crippen LogP contribution in [0.1, 0.15) is 68.2 Å². The van der Waals surface area contributed by atoms with Crippen LogP contribution in [0.5, 0.6) is 0 Å². The van der Waals surface area contributed by atoms with Gasteiger partial charge in [0, 0.05) is 0 Å². The molecule has 17 heavy (non-hydrogen) atoms. The lowest BCUT2D eigenvalue weighted by Crippen LogP contribution is -2.38. The molecule has 0 heterocycles. The molecule has 104 valence electrons. The van der Waals surface area contributed by atoms with Gasteiger partial charge in [-0.1, -0.05) is 27.7 Å². The number of rotatable bonds is 8. The maximum Gasteiger partial charge on any atom is 0.0859 e. The van der Waals surface area contributed by atoms with Crippen LogP contribution in [0.3, 0.4) is 0 Å². The summed E-state index contributed by atoms with van der Waals surface area (Å²) < 4.78 is 11.9. The molecule has 0 aliphatic rings. The smallest absolute Gasteiger partial charge is 0.0859 e. The van der Waals surface area contributed by atoms with Gasteiger partial charge in [-0.05, 0) is 46.0 Å². The molecule has 0 radical (unpaired) electrons. The van der Waals surface area contributed by atoms with Gasteiger partial charge in [0.25, 0.3) is 0 Å². The van der Waals surface area contributed by atoms with Crippen molar-refractivity contribution < 1.29 is 9.47 Å². The Morgan fingerprint density at radius 3 is 1.53 bits per heavy atom. The maximum atomic E-state index is 6.00. The third kappa shape index (κ3) is 7.77. The van der Waals surface area contributed by atoms with E-state index in [1.807, 2.05) is 0 Å². The highest BCUT2D eigenvalue weighted by Gasteiger charge is 2.27. The van der Waals surface area contributed by atoms with E-state index in [9.17, 15) is 0 Å². The Morgan fingerprint density at radius 1 is 0.647 bits per heavy atom. The lowest BCUT2D eigenvalue weighted by atomic mass is 9.91. The third-order valence-electron chi connectivity index (χ3n) is 3.47. The zero-order valence-corrected chi connectivity index (χ0v) is 13.1. The van der Waals surface area contributed by atoms with E-state index in [2.05, 4.69) is 55.4 Å². The average Bonchev–Trinajstić information content (AvgIpc) is 2.25. The van der Waals surface area contributed by atoms with Gasteiger partial charge in [-0.3, -0.25) is 0 Å². The van der Waals surface area contributed by atoms with Crippen molar-refractivity contribution in [3.8, 4) is 0 Å². The third-order valence-corrected chi connectivity index (χ3v) is 3.47. The highest BCUT2D eigenvalue weighted by atomic mass is 16.6. The summed E-state index contributed by atoms with van der Waals surface area (Å²) in [5.41, 5.74) is -0.0165. The summed E-state index contributed by atoms with van der Waals surface area (Å²) in [6.07, 6.45) is 2.15. The van der Waals surface area contributed by atoms with Crippen LogP contribution in [-0.2, 0) is 9.47 Å². The van der Waals surface area contributed by atoms with Crippen LogP contribution >= 0.6 is 0 Å². The molecule has 0 spiro atoms. The van der Waals surface area contributed by atoms with E-state index in [1.165, 1.54) is 0 Å². The minimum absolute atomic E-state index is 0.0547. The number of hydrogen-bond acceptors (Lipinski definition) is 2. The van der Waals surface area contributed by atoms with Gasteiger partial charge in [0.2, 0.25) is 0 Å². The zero-order chi connectivity index (χ0) is 13.7. The van der Waals surface area contributed by atoms with E-state index in [4.69, 9.17) is 9.47 Å². The normalized spacial score (nSPS) is 14.1. The molecule has 0 aliphatic heterocycles. The van der Waals surface area contributed by atoms with E-state index in [0.717, 1.165) is 19.4 Å². The highest BCUT2D eigenvalue weighted by molar-refractivity contribution is 4.75. The fourth-order valence-electron chi connectivity index (χ4n) is 1.01. The largest absolute Gasteiger partial charge is 0.373 e. The lowest BCUT2D eigenvalue weighted by molar-refractivity contribution is -0.134. The Hall–Kier alpha value is -0.0800. The van der Waals surface area contributed by atoms with Crippen LogP contribution < -0.4 is 0 Å². The van der Waals surface area contributed by atoms with Crippen molar-refractivity contribution in [2.24, 2.45) is 5.41 Å². The molecule has 0 aliphatic carbocycles. The molecule has 0 aromatic rings. The summed E-state index contributed by atoms with van der Waals surface area (Å²) in [5, 5.41) is 0. The van der Waals surface area contributed by atoms with E-state index in [-0.39, 0.29) is 16.6 Å². The van der Waals surface area contributed by atoms with Crippen LogP contribution in [-0.4, -0.2) is 24.4 Å². The molecular formula is C15H32O2. The summed E-state index contributed by atoms with van der Waals surface area (Å²) in [7, 11) is 0. The molecule has 2 nitrogen and oxygen atoms in total. The van der Waals surface area contributed by atoms with Crippen molar-refractivity contribution in [3.05, 3.63) is 0 Å². The average molecular weight is 244 g/mol. The second-order valence-corrected chi connectivity index (χ2v) is 6.97. The van der Waals surface area contributed by atoms with Crippen LogP contribution in [0.15, 0.2) is 0 Å². The SMILES string of the molecule is CCC(C)(C)COC(C)(C)COC(C)(C)CC. The fraction of sp³-hybridized carbons (Fsp3) is 1.00. The molecule has 0 bridgehead atoms. The molecule has 0 aromatic carbocycles. The van der Waals surface area contributed by atoms with Crippen molar-refractivity contribution in [1.29, 1.82) is 0 Å². The first-order chi connectivity index (χ1) is 7.54. The van der Waals surface area contributed by atoms with Gasteiger partial charge >= 0.3 is 0 Å². The van der Waals surface area contributed by atoms with E-state index < -0.39 is 0 Å². The van der Waals surface area contributed by atoms with Gasteiger partial charge in [0.15, 0.2) is 0 Å². The summed E-state index contributed by atoms with van der Waals surface area (Å²) in [5.74, 6) is 0. The molecule has 0 saturated heterocycles. The van der Waals surface area contributed by atoms with E-state index in [1.54, 1.807) is 0 Å². The standard InChI is InChI=1S/C15H32O2/c1-9-13(3,4)11-16-15(7,8)12-17-14(5,6)10-2/h9-12H2,1-8H3. The minimum atomic E-state index is -0.209. The van der Waals surface area contributed by atoms with Crippen LogP contribution in [0.4, 0.5) is 0 Å². The first-order valence-corrected chi connectivity index (χ1v) is 6.81. The first kappa shape index (κ1) is 16.9. The summed E-state index contributed by atoms with van der Waals surface area (Å²) in [4.78, 5) is 0. The Balaban J connectivity index is 4.13. The maximum absolute atomic E-state index is 6.00. The molecule has 0 unspecified atom stereocenters. The quantitative estimate of drug-likeness (QED) is 0.629. The minimum Gasteiger partial charge on any atom is -0.373 e. The zero-order valence-electron chi connectivity index (χ0n) is 13.1. The van der Waals surface area contributed by atoms with Crippen LogP contribution in [0.2, 0.25) is 0 Å². The van der Waals surface area contributed by atoms with Gasteiger partial charge in [-0.15, -0.1) is 0 Å². The van der Waals surface area contributed by atoms with Crippen LogP contribution in [0, 0.1) is 5.41 Å². The highest BCUT2D eigenvalue weighted by Crippen LogP contribution is 2.24. The van der Waals surface area contributed by atoms with Crippen molar-refractivity contribution in [1.82, 2.24) is 0 Å². The van der Waals surface area contributed by atoms with Gasteiger partial charge in [-0.2, -0.15) is 0 Å². The summed E-state index contributed by atoms with van der Waals surface area (Å²) >= 11 is 0. The number of ether oxygens (including phenoxy) is 2. The molecule has 0 aromatic heterocycles. The molecule has 0 fully saturated rings. The molecule has 0 rings (SSSR count). The summed E-state index contributed by atoms with van der Waals surface area (Å²) in [6.45, 7) is 18.7. The topological polar surface area (TPSA) is 18.5 Å². The van der Waals surface area contributed by atoms with E-state index >= 15 is 0 Å². The summed E-state index contributed by atoms with van der Waals surface area (Å²) in [6, 6.07) is 0. The van der Waals surface area contributed by atoms with Gasteiger partial charge in [0.1, 0.15) is 0 Å². The van der Waals surface area contributed by atoms with Crippen molar-refractivity contribution in [3.63, 3.8) is 0 Å². The van der Waals surface area contributed by atoms with Crippen molar-refractivity contribution >= 4 is 0 Å². The Labute approximate surface area is 108 Å². The monoisotopic (exact) mass is 244 g/mol. The van der Waals surface area contributed by atoms with Crippen molar-refractivity contribution in [2.75, 3.05) is 13.2 Å². The predicted octanol–water partition coefficient (Wildman–Crippen LogP) is 4.42. The molecule has 0 saturated carbocycles. The number of hydrogen-bond donors (Lipinski definition) is 0. The predicted molar refractivity (Wildman–Crippen MR) is 74.4 cm³/mol. The molecular weight excluding hydrogens is 212 g/mol. The van der Waals surface area contributed by atoms with Gasteiger partial charge < -0.3 is 9.47 Å². The lowest BCUT2D eigenvalue weighted by Gasteiger charge is -2.34. The van der Waals surface area contributed by atoms with Gasteiger partial charge in [0.05, 0.1) is 24.4 Å². The Bertz CT molecular complexity index is 195.